The van der Waals surface area contributed by atoms with Crippen LogP contribution in [0.3, 0.4) is 0 Å². The Bertz CT molecular complexity index is 1330. The summed E-state index contributed by atoms with van der Waals surface area (Å²) >= 11 is 0. The Hall–Kier alpha value is -1.97. The van der Waals surface area contributed by atoms with Crippen LogP contribution < -0.4 is 0 Å². The molecule has 480 valence electrons. The third-order valence-corrected chi connectivity index (χ3v) is 16.5. The van der Waals surface area contributed by atoms with E-state index in [0.717, 1.165) is 38.5 Å². The number of ether oxygens (including phenoxy) is 4. The molecule has 9 heteroatoms. The van der Waals surface area contributed by atoms with Gasteiger partial charge in [0.2, 0.25) is 0 Å². The molecule has 0 spiro atoms. The van der Waals surface area contributed by atoms with E-state index in [1.807, 2.05) is 21.1 Å². The lowest BCUT2D eigenvalue weighted by molar-refractivity contribution is -0.870. The second-order valence-electron chi connectivity index (χ2n) is 25.9. The van der Waals surface area contributed by atoms with Crippen LogP contribution in [0.15, 0.2) is 12.2 Å². The highest BCUT2D eigenvalue weighted by molar-refractivity contribution is 5.71. The van der Waals surface area contributed by atoms with Crippen molar-refractivity contribution in [2.45, 2.75) is 386 Å². The van der Waals surface area contributed by atoms with Crippen LogP contribution in [0.25, 0.3) is 0 Å². The number of hydrogen-bond donors (Lipinski definition) is 1. The van der Waals surface area contributed by atoms with Crippen molar-refractivity contribution in [1.29, 1.82) is 0 Å². The molecular formula is C72H140NO8+. The number of quaternary nitrogens is 1. The normalized spacial score (nSPS) is 12.7. The first-order valence-electron chi connectivity index (χ1n) is 35.9. The first kappa shape index (κ1) is 79.0. The molecule has 0 aromatic heterocycles. The van der Waals surface area contributed by atoms with E-state index in [1.165, 1.54) is 308 Å². The lowest BCUT2D eigenvalue weighted by atomic mass is 10.0. The van der Waals surface area contributed by atoms with E-state index in [-0.39, 0.29) is 38.2 Å². The van der Waals surface area contributed by atoms with Crippen LogP contribution in [-0.2, 0) is 33.3 Å². The Balaban J connectivity index is 4.02. The molecule has 0 radical (unpaired) electrons. The fourth-order valence-corrected chi connectivity index (χ4v) is 11.0. The highest BCUT2D eigenvalue weighted by atomic mass is 16.7. The zero-order valence-corrected chi connectivity index (χ0v) is 55.0. The molecule has 0 aliphatic heterocycles. The molecule has 0 bridgehead atoms. The highest BCUT2D eigenvalue weighted by Crippen LogP contribution is 2.19. The predicted molar refractivity (Wildman–Crippen MR) is 346 cm³/mol. The van der Waals surface area contributed by atoms with Gasteiger partial charge in [0.05, 0.1) is 34.4 Å². The van der Waals surface area contributed by atoms with Gasteiger partial charge in [-0.15, -0.1) is 0 Å². The Morgan fingerprint density at radius 3 is 0.914 bits per heavy atom. The van der Waals surface area contributed by atoms with E-state index in [0.29, 0.717) is 17.4 Å². The summed E-state index contributed by atoms with van der Waals surface area (Å²) in [6.45, 7) is 4.96. The van der Waals surface area contributed by atoms with E-state index in [4.69, 9.17) is 18.9 Å². The number of carboxylic acid groups (broad SMARTS) is 1. The molecule has 0 aromatic rings. The van der Waals surface area contributed by atoms with Crippen molar-refractivity contribution in [1.82, 2.24) is 0 Å². The van der Waals surface area contributed by atoms with Crippen LogP contribution in [0.2, 0.25) is 0 Å². The molecule has 81 heavy (non-hydrogen) atoms. The van der Waals surface area contributed by atoms with Crippen molar-refractivity contribution >= 4 is 17.9 Å². The molecule has 0 aliphatic rings. The third-order valence-electron chi connectivity index (χ3n) is 16.5. The molecule has 0 rings (SSSR count). The van der Waals surface area contributed by atoms with E-state index in [1.54, 1.807) is 0 Å². The summed E-state index contributed by atoms with van der Waals surface area (Å²) in [6.07, 6.45) is 74.8. The quantitative estimate of drug-likeness (QED) is 0.0211. The van der Waals surface area contributed by atoms with Crippen molar-refractivity contribution < 1.29 is 42.9 Å². The second kappa shape index (κ2) is 64.0. The minimum absolute atomic E-state index is 0.173. The largest absolute Gasteiger partial charge is 0.477 e. The summed E-state index contributed by atoms with van der Waals surface area (Å²) in [7, 11) is 5.99. The zero-order chi connectivity index (χ0) is 59.1. The lowest BCUT2D eigenvalue weighted by Crippen LogP contribution is -2.40. The number of allylic oxidation sites excluding steroid dienone is 2. The number of aliphatic carboxylic acids is 1. The smallest absolute Gasteiger partial charge is 0.361 e. The minimum atomic E-state index is -1.51. The first-order valence-corrected chi connectivity index (χ1v) is 35.9. The molecule has 2 unspecified atom stereocenters. The average molecular weight is 1150 g/mol. The third kappa shape index (κ3) is 65.4. The minimum Gasteiger partial charge on any atom is -0.477 e. The van der Waals surface area contributed by atoms with Crippen molar-refractivity contribution in [3.8, 4) is 0 Å². The van der Waals surface area contributed by atoms with Gasteiger partial charge in [-0.25, -0.2) is 4.79 Å². The number of likely N-dealkylation sites (N-methyl/N-ethyl adjacent to an activating group) is 1. The number of carbonyl (C=O) groups excluding carboxylic acids is 2. The van der Waals surface area contributed by atoms with E-state index >= 15 is 0 Å². The Morgan fingerprint density at radius 1 is 0.358 bits per heavy atom. The maximum Gasteiger partial charge on any atom is 0.361 e. The van der Waals surface area contributed by atoms with Crippen molar-refractivity contribution in [3.63, 3.8) is 0 Å². The summed E-state index contributed by atoms with van der Waals surface area (Å²) in [5.74, 6) is -1.97. The van der Waals surface area contributed by atoms with E-state index in [2.05, 4.69) is 26.0 Å². The van der Waals surface area contributed by atoms with Gasteiger partial charge in [-0.2, -0.15) is 0 Å². The second-order valence-corrected chi connectivity index (χ2v) is 25.9. The summed E-state index contributed by atoms with van der Waals surface area (Å²) in [5.41, 5.74) is 0. The molecule has 0 heterocycles. The molecule has 0 saturated heterocycles. The fraction of sp³-hybridized carbons (Fsp3) is 0.931. The fourth-order valence-electron chi connectivity index (χ4n) is 11.0. The number of esters is 2. The molecule has 1 N–H and O–H groups in total. The number of carboxylic acids is 1. The zero-order valence-electron chi connectivity index (χ0n) is 55.0. The standard InChI is InChI=1S/C72H139NO8/c1-6-8-10-12-14-16-18-20-22-24-26-28-30-31-32-33-34-35-36-37-38-39-41-43-45-47-49-51-53-55-57-59-61-63-70(75)81-68(67-80-72(71(76)77)78-65-64-73(3,4)5)66-79-69(74)62-60-58-56-54-52-50-48-46-44-42-40-29-27-25-23-21-19-17-15-13-11-9-7-2/h24,26,68,72H,6-23,25,27-67H2,1-5H3/p+1/b26-24-. The monoisotopic (exact) mass is 1150 g/mol. The average Bonchev–Trinajstić information content (AvgIpc) is 3.44. The van der Waals surface area contributed by atoms with Crippen LogP contribution in [0.1, 0.15) is 373 Å². The van der Waals surface area contributed by atoms with Crippen LogP contribution in [0.5, 0.6) is 0 Å². The highest BCUT2D eigenvalue weighted by Gasteiger charge is 2.25. The van der Waals surface area contributed by atoms with Crippen LogP contribution in [0.4, 0.5) is 0 Å². The van der Waals surface area contributed by atoms with Gasteiger partial charge in [-0.1, -0.05) is 334 Å². The molecule has 0 amide bonds. The molecule has 0 saturated carbocycles. The molecule has 0 fully saturated rings. The van der Waals surface area contributed by atoms with Crippen LogP contribution >= 0.6 is 0 Å². The number of unbranched alkanes of at least 4 members (excludes halogenated alkanes) is 51. The Kier molecular flexibility index (Phi) is 62.5. The van der Waals surface area contributed by atoms with Crippen molar-refractivity contribution in [2.75, 3.05) is 47.5 Å². The van der Waals surface area contributed by atoms with Gasteiger partial charge in [0, 0.05) is 12.8 Å². The summed E-state index contributed by atoms with van der Waals surface area (Å²) in [4.78, 5) is 37.6. The van der Waals surface area contributed by atoms with Gasteiger partial charge < -0.3 is 28.5 Å². The molecule has 0 aromatic carbocycles. The predicted octanol–water partition coefficient (Wildman–Crippen LogP) is 22.0. The first-order chi connectivity index (χ1) is 39.6. The Morgan fingerprint density at radius 2 is 0.630 bits per heavy atom. The van der Waals surface area contributed by atoms with Gasteiger partial charge in [0.15, 0.2) is 6.10 Å². The van der Waals surface area contributed by atoms with Gasteiger partial charge in [-0.3, -0.25) is 9.59 Å². The van der Waals surface area contributed by atoms with E-state index < -0.39 is 18.4 Å². The SMILES string of the molecule is CCCCCCCCCC/C=C\CCCCCCCCCCCCCCCCCCCCCCCC(=O)OC(COC(=O)CCCCCCCCCCCCCCCCCCCCCCCCC)COC(OCC[N+](C)(C)C)C(=O)O. The number of hydrogen-bond acceptors (Lipinski definition) is 7. The van der Waals surface area contributed by atoms with Gasteiger partial charge in [0.25, 0.3) is 6.29 Å². The molecule has 2 atom stereocenters. The maximum atomic E-state index is 12.9. The number of rotatable bonds is 68. The topological polar surface area (TPSA) is 108 Å². The van der Waals surface area contributed by atoms with Crippen molar-refractivity contribution in [2.24, 2.45) is 0 Å². The van der Waals surface area contributed by atoms with Crippen molar-refractivity contribution in [3.05, 3.63) is 12.2 Å². The number of carbonyl (C=O) groups is 3. The van der Waals surface area contributed by atoms with E-state index in [9.17, 15) is 19.5 Å². The summed E-state index contributed by atoms with van der Waals surface area (Å²) in [5, 5.41) is 9.74. The molecular weight excluding hydrogens is 1010 g/mol. The van der Waals surface area contributed by atoms with Crippen LogP contribution in [0, 0.1) is 0 Å². The van der Waals surface area contributed by atoms with Gasteiger partial charge in [-0.05, 0) is 38.5 Å². The summed E-state index contributed by atoms with van der Waals surface area (Å²) in [6, 6.07) is 0. The van der Waals surface area contributed by atoms with Gasteiger partial charge in [0.1, 0.15) is 13.2 Å². The lowest BCUT2D eigenvalue weighted by Gasteiger charge is -2.25. The summed E-state index contributed by atoms with van der Waals surface area (Å²) < 4.78 is 23.0. The Labute approximate surface area is 504 Å². The maximum absolute atomic E-state index is 12.9. The van der Waals surface area contributed by atoms with Crippen LogP contribution in [-0.4, -0.2) is 87.4 Å². The van der Waals surface area contributed by atoms with Gasteiger partial charge >= 0.3 is 17.9 Å². The molecule has 9 nitrogen and oxygen atoms in total. The molecule has 0 aliphatic carbocycles. The number of nitrogens with zero attached hydrogens (tertiary/aromatic N) is 1.